The molecule has 1 saturated heterocycles. The zero-order valence-electron chi connectivity index (χ0n) is 13.2. The summed E-state index contributed by atoms with van der Waals surface area (Å²) in [6.45, 7) is 3.44. The lowest BCUT2D eigenvalue weighted by Crippen LogP contribution is -2.34. The van der Waals surface area contributed by atoms with E-state index in [0.29, 0.717) is 6.04 Å². The van der Waals surface area contributed by atoms with Crippen LogP contribution in [-0.4, -0.2) is 19.6 Å². The molecule has 0 radical (unpaired) electrons. The van der Waals surface area contributed by atoms with Crippen molar-refractivity contribution in [3.63, 3.8) is 0 Å². The van der Waals surface area contributed by atoms with Crippen LogP contribution in [0.25, 0.3) is 0 Å². The van der Waals surface area contributed by atoms with Crippen LogP contribution < -0.4 is 10.2 Å². The summed E-state index contributed by atoms with van der Waals surface area (Å²) >= 11 is 3.77. The minimum absolute atomic E-state index is 0.387. The maximum absolute atomic E-state index is 3.77. The highest BCUT2D eigenvalue weighted by Crippen LogP contribution is 2.39. The van der Waals surface area contributed by atoms with Gasteiger partial charge in [0, 0.05) is 28.8 Å². The van der Waals surface area contributed by atoms with Gasteiger partial charge in [-0.3, -0.25) is 0 Å². The van der Waals surface area contributed by atoms with E-state index in [1.165, 1.54) is 60.8 Å². The van der Waals surface area contributed by atoms with Gasteiger partial charge in [-0.2, -0.15) is 0 Å². The van der Waals surface area contributed by atoms with Crippen LogP contribution in [0, 0.1) is 5.92 Å². The van der Waals surface area contributed by atoms with Crippen molar-refractivity contribution >= 4 is 21.6 Å². The Bertz CT molecular complexity index is 482. The molecule has 2 nitrogen and oxygen atoms in total. The van der Waals surface area contributed by atoms with Gasteiger partial charge in [0.25, 0.3) is 0 Å². The SMILES string of the molecule is CNC(C)c1ccc(N2CCCC2C2CCCC2)cc1Br. The minimum Gasteiger partial charge on any atom is -0.368 e. The van der Waals surface area contributed by atoms with Gasteiger partial charge in [0.1, 0.15) is 0 Å². The second kappa shape index (κ2) is 6.70. The predicted octanol–water partition coefficient (Wildman–Crippen LogP) is 4.89. The molecule has 0 bridgehead atoms. The largest absolute Gasteiger partial charge is 0.368 e. The molecule has 1 aliphatic carbocycles. The zero-order chi connectivity index (χ0) is 14.8. The van der Waals surface area contributed by atoms with Gasteiger partial charge in [-0.05, 0) is 63.3 Å². The van der Waals surface area contributed by atoms with E-state index in [1.54, 1.807) is 0 Å². The topological polar surface area (TPSA) is 15.3 Å². The van der Waals surface area contributed by atoms with Gasteiger partial charge in [-0.25, -0.2) is 0 Å². The van der Waals surface area contributed by atoms with Crippen molar-refractivity contribution in [1.82, 2.24) is 5.32 Å². The molecule has 1 aromatic rings. The zero-order valence-corrected chi connectivity index (χ0v) is 14.8. The number of hydrogen-bond acceptors (Lipinski definition) is 2. The molecule has 2 unspecified atom stereocenters. The van der Waals surface area contributed by atoms with Gasteiger partial charge < -0.3 is 10.2 Å². The lowest BCUT2D eigenvalue weighted by atomic mass is 9.95. The molecule has 1 heterocycles. The van der Waals surface area contributed by atoms with Gasteiger partial charge in [-0.1, -0.05) is 34.8 Å². The Labute approximate surface area is 137 Å². The summed E-state index contributed by atoms with van der Waals surface area (Å²) in [5, 5.41) is 3.32. The Morgan fingerprint density at radius 2 is 1.95 bits per heavy atom. The number of nitrogens with zero attached hydrogens (tertiary/aromatic N) is 1. The number of hydrogen-bond donors (Lipinski definition) is 1. The number of rotatable bonds is 4. The van der Waals surface area contributed by atoms with Crippen molar-refractivity contribution in [2.75, 3.05) is 18.5 Å². The van der Waals surface area contributed by atoms with Gasteiger partial charge in [0.2, 0.25) is 0 Å². The summed E-state index contributed by atoms with van der Waals surface area (Å²) < 4.78 is 1.24. The lowest BCUT2D eigenvalue weighted by Gasteiger charge is -2.32. The van der Waals surface area contributed by atoms with Crippen LogP contribution in [0.3, 0.4) is 0 Å². The fourth-order valence-electron chi connectivity index (χ4n) is 4.15. The first-order valence-corrected chi connectivity index (χ1v) is 9.23. The van der Waals surface area contributed by atoms with Crippen molar-refractivity contribution in [3.05, 3.63) is 28.2 Å². The van der Waals surface area contributed by atoms with Crippen LogP contribution in [0.4, 0.5) is 5.69 Å². The molecule has 1 aliphatic heterocycles. The maximum Gasteiger partial charge on any atom is 0.0380 e. The highest BCUT2D eigenvalue weighted by Gasteiger charge is 2.33. The fraction of sp³-hybridized carbons (Fsp3) is 0.667. The number of halogens is 1. The van der Waals surface area contributed by atoms with Crippen molar-refractivity contribution in [2.45, 2.75) is 57.5 Å². The number of anilines is 1. The van der Waals surface area contributed by atoms with E-state index in [1.807, 2.05) is 7.05 Å². The normalized spacial score (nSPS) is 24.7. The third-order valence-electron chi connectivity index (χ3n) is 5.46. The highest BCUT2D eigenvalue weighted by atomic mass is 79.9. The summed E-state index contributed by atoms with van der Waals surface area (Å²) in [4.78, 5) is 2.68. The first kappa shape index (κ1) is 15.4. The number of benzene rings is 1. The van der Waals surface area contributed by atoms with Gasteiger partial charge in [0.15, 0.2) is 0 Å². The van der Waals surface area contributed by atoms with E-state index in [-0.39, 0.29) is 0 Å². The summed E-state index contributed by atoms with van der Waals surface area (Å²) in [7, 11) is 2.02. The van der Waals surface area contributed by atoms with E-state index in [2.05, 4.69) is 51.3 Å². The molecule has 1 aromatic carbocycles. The molecule has 2 atom stereocenters. The van der Waals surface area contributed by atoms with E-state index < -0.39 is 0 Å². The van der Waals surface area contributed by atoms with Crippen LogP contribution in [0.2, 0.25) is 0 Å². The van der Waals surface area contributed by atoms with Gasteiger partial charge >= 0.3 is 0 Å². The standard InChI is InChI=1S/C18H27BrN2/c1-13(20-2)16-10-9-15(12-17(16)19)21-11-5-8-18(21)14-6-3-4-7-14/h9-10,12-14,18,20H,3-8,11H2,1-2H3. The summed E-state index contributed by atoms with van der Waals surface area (Å²) in [5.74, 6) is 0.933. The second-order valence-electron chi connectivity index (χ2n) is 6.66. The molecule has 2 aliphatic rings. The van der Waals surface area contributed by atoms with Gasteiger partial charge in [0.05, 0.1) is 0 Å². The fourth-order valence-corrected chi connectivity index (χ4v) is 4.86. The summed E-state index contributed by atoms with van der Waals surface area (Å²) in [6.07, 6.45) is 8.51. The van der Waals surface area contributed by atoms with Crippen molar-refractivity contribution < 1.29 is 0 Å². The molecule has 116 valence electrons. The third-order valence-corrected chi connectivity index (χ3v) is 6.15. The minimum atomic E-state index is 0.387. The molecule has 1 saturated carbocycles. The molecule has 0 aromatic heterocycles. The molecular weight excluding hydrogens is 324 g/mol. The van der Waals surface area contributed by atoms with E-state index >= 15 is 0 Å². The molecule has 3 heteroatoms. The Kier molecular flexibility index (Phi) is 4.90. The average Bonchev–Trinajstić information content (AvgIpc) is 3.16. The average molecular weight is 351 g/mol. The third kappa shape index (κ3) is 3.14. The van der Waals surface area contributed by atoms with Crippen molar-refractivity contribution in [2.24, 2.45) is 5.92 Å². The van der Waals surface area contributed by atoms with E-state index in [4.69, 9.17) is 0 Å². The summed E-state index contributed by atoms with van der Waals surface area (Å²) in [5.41, 5.74) is 2.75. The van der Waals surface area contributed by atoms with Gasteiger partial charge in [-0.15, -0.1) is 0 Å². The van der Waals surface area contributed by atoms with Crippen LogP contribution in [-0.2, 0) is 0 Å². The van der Waals surface area contributed by atoms with Crippen LogP contribution in [0.1, 0.15) is 57.1 Å². The molecule has 1 N–H and O–H groups in total. The molecule has 0 amide bonds. The molecular formula is C18H27BrN2. The smallest absolute Gasteiger partial charge is 0.0380 e. The number of nitrogens with one attached hydrogen (secondary N) is 1. The van der Waals surface area contributed by atoms with Crippen LogP contribution >= 0.6 is 15.9 Å². The first-order valence-electron chi connectivity index (χ1n) is 8.44. The van der Waals surface area contributed by atoms with Crippen LogP contribution in [0.15, 0.2) is 22.7 Å². The summed E-state index contributed by atoms with van der Waals surface area (Å²) in [6, 6.07) is 8.10. The molecule has 2 fully saturated rings. The molecule has 21 heavy (non-hydrogen) atoms. The Morgan fingerprint density at radius 1 is 1.19 bits per heavy atom. The first-order chi connectivity index (χ1) is 10.2. The second-order valence-corrected chi connectivity index (χ2v) is 7.52. The maximum atomic E-state index is 3.77. The quantitative estimate of drug-likeness (QED) is 0.831. The van der Waals surface area contributed by atoms with Crippen molar-refractivity contribution in [3.8, 4) is 0 Å². The predicted molar refractivity (Wildman–Crippen MR) is 93.9 cm³/mol. The van der Waals surface area contributed by atoms with Crippen molar-refractivity contribution in [1.29, 1.82) is 0 Å². The Hall–Kier alpha value is -0.540. The lowest BCUT2D eigenvalue weighted by molar-refractivity contribution is 0.431. The Morgan fingerprint density at radius 3 is 2.62 bits per heavy atom. The van der Waals surface area contributed by atoms with Crippen LogP contribution in [0.5, 0.6) is 0 Å². The molecule has 3 rings (SSSR count). The highest BCUT2D eigenvalue weighted by molar-refractivity contribution is 9.10. The Balaban J connectivity index is 1.80. The molecule has 0 spiro atoms. The van der Waals surface area contributed by atoms with E-state index in [9.17, 15) is 0 Å². The monoisotopic (exact) mass is 350 g/mol. The van der Waals surface area contributed by atoms with E-state index in [0.717, 1.165) is 12.0 Å².